The fourth-order valence-electron chi connectivity index (χ4n) is 5.02. The summed E-state index contributed by atoms with van der Waals surface area (Å²) in [7, 11) is -0.786. The lowest BCUT2D eigenvalue weighted by molar-refractivity contribution is 0.0698. The summed E-state index contributed by atoms with van der Waals surface area (Å²) in [6, 6.07) is 20.5. The van der Waals surface area contributed by atoms with Gasteiger partial charge in [-0.25, -0.2) is 22.9 Å². The van der Waals surface area contributed by atoms with Gasteiger partial charge in [0.25, 0.3) is 5.91 Å². The molecule has 1 aliphatic carbocycles. The topological polar surface area (TPSA) is 162 Å². The Balaban J connectivity index is 1.09. The zero-order valence-corrected chi connectivity index (χ0v) is 26.0. The van der Waals surface area contributed by atoms with Gasteiger partial charge < -0.3 is 29.4 Å². The number of amides is 1. The summed E-state index contributed by atoms with van der Waals surface area (Å²) in [6.45, 7) is 0. The van der Waals surface area contributed by atoms with Crippen LogP contribution in [0.1, 0.15) is 46.4 Å². The Labute approximate surface area is 266 Å². The minimum absolute atomic E-state index is 0.0150. The first-order valence-electron chi connectivity index (χ1n) is 14.4. The zero-order valence-electron chi connectivity index (χ0n) is 25.1. The number of carbonyl (C=O) groups is 2. The number of ether oxygens (including phenoxy) is 4. The molecule has 0 spiro atoms. The van der Waals surface area contributed by atoms with Crippen LogP contribution in [0.15, 0.2) is 90.0 Å². The summed E-state index contributed by atoms with van der Waals surface area (Å²) in [5.41, 5.74) is 0.407. The Morgan fingerprint density at radius 1 is 0.848 bits per heavy atom. The minimum Gasteiger partial charge on any atom is -0.493 e. The van der Waals surface area contributed by atoms with Crippen molar-refractivity contribution in [1.29, 1.82) is 0 Å². The van der Waals surface area contributed by atoms with Gasteiger partial charge in [-0.3, -0.25) is 4.79 Å². The Kier molecular flexibility index (Phi) is 10.0. The van der Waals surface area contributed by atoms with E-state index in [9.17, 15) is 23.1 Å². The summed E-state index contributed by atoms with van der Waals surface area (Å²) in [4.78, 5) is 28.3. The molecule has 0 atom stereocenters. The maximum absolute atomic E-state index is 13.0. The molecule has 1 amide bonds. The van der Waals surface area contributed by atoms with Crippen LogP contribution < -0.4 is 29.0 Å². The van der Waals surface area contributed by atoms with Gasteiger partial charge in [-0.05, 0) is 80.3 Å². The molecule has 240 valence electrons. The van der Waals surface area contributed by atoms with E-state index in [0.29, 0.717) is 48.7 Å². The minimum atomic E-state index is -3.73. The molecular weight excluding hydrogens is 614 g/mol. The van der Waals surface area contributed by atoms with Gasteiger partial charge in [-0.2, -0.15) is 0 Å². The number of nitrogens with one attached hydrogen (secondary N) is 2. The van der Waals surface area contributed by atoms with Crippen LogP contribution >= 0.6 is 0 Å². The van der Waals surface area contributed by atoms with Crippen LogP contribution in [0.25, 0.3) is 0 Å². The summed E-state index contributed by atoms with van der Waals surface area (Å²) in [6.07, 6.45) is 3.91. The molecule has 1 fully saturated rings. The first-order valence-corrected chi connectivity index (χ1v) is 15.9. The molecule has 3 aromatic carbocycles. The molecule has 0 unspecified atom stereocenters. The number of carboxylic acids is 1. The average molecular weight is 648 g/mol. The van der Waals surface area contributed by atoms with Crippen molar-refractivity contribution in [2.75, 3.05) is 19.5 Å². The van der Waals surface area contributed by atoms with Crippen molar-refractivity contribution < 1.29 is 42.1 Å². The van der Waals surface area contributed by atoms with Crippen LogP contribution in [0, 0.1) is 0 Å². The van der Waals surface area contributed by atoms with Gasteiger partial charge in [0.2, 0.25) is 15.9 Å². The van der Waals surface area contributed by atoms with E-state index in [0.717, 1.165) is 0 Å². The highest BCUT2D eigenvalue weighted by Crippen LogP contribution is 2.31. The first kappa shape index (κ1) is 32.3. The van der Waals surface area contributed by atoms with E-state index in [1.807, 2.05) is 0 Å². The highest BCUT2D eigenvalue weighted by atomic mass is 32.2. The molecule has 0 radical (unpaired) electrons. The van der Waals surface area contributed by atoms with Crippen molar-refractivity contribution in [3.05, 3.63) is 96.2 Å². The maximum Gasteiger partial charge on any atom is 0.337 e. The van der Waals surface area contributed by atoms with Gasteiger partial charge in [0, 0.05) is 24.4 Å². The number of anilines is 1. The number of rotatable bonds is 12. The van der Waals surface area contributed by atoms with Crippen molar-refractivity contribution in [1.82, 2.24) is 9.71 Å². The summed E-state index contributed by atoms with van der Waals surface area (Å²) < 4.78 is 51.1. The lowest BCUT2D eigenvalue weighted by atomic mass is 9.94. The SMILES string of the molecule is COc1ccc(S(=O)(=O)NC2CCC(Oc3ccc(Oc4ccc(C(=O)Nc5ccccc5C(=O)O)cn4)cc3)CC2)cc1OC. The first-order chi connectivity index (χ1) is 22.1. The van der Waals surface area contributed by atoms with Crippen molar-refractivity contribution in [3.63, 3.8) is 0 Å². The molecular formula is C33H33N3O9S. The second-order valence-electron chi connectivity index (χ2n) is 10.5. The number of carboxylic acid groups (broad SMARTS) is 1. The third kappa shape index (κ3) is 7.92. The number of aromatic carboxylic acids is 1. The second-order valence-corrected chi connectivity index (χ2v) is 12.2. The molecule has 1 aliphatic rings. The van der Waals surface area contributed by atoms with Crippen molar-refractivity contribution in [2.24, 2.45) is 0 Å². The van der Waals surface area contributed by atoms with E-state index >= 15 is 0 Å². The monoisotopic (exact) mass is 647 g/mol. The number of pyridine rings is 1. The number of carbonyl (C=O) groups excluding carboxylic acids is 1. The maximum atomic E-state index is 13.0. The number of hydrogen-bond donors (Lipinski definition) is 3. The summed E-state index contributed by atoms with van der Waals surface area (Å²) in [5.74, 6) is 0.591. The number of methoxy groups -OCH3 is 2. The molecule has 0 saturated heterocycles. The fraction of sp³-hybridized carbons (Fsp3) is 0.242. The van der Waals surface area contributed by atoms with Gasteiger partial charge in [0.15, 0.2) is 11.5 Å². The van der Waals surface area contributed by atoms with E-state index in [1.54, 1.807) is 48.5 Å². The number of hydrogen-bond acceptors (Lipinski definition) is 9. The number of aromatic nitrogens is 1. The highest BCUT2D eigenvalue weighted by molar-refractivity contribution is 7.89. The number of nitrogens with zero attached hydrogens (tertiary/aromatic N) is 1. The van der Waals surface area contributed by atoms with Crippen molar-refractivity contribution in [3.8, 4) is 28.9 Å². The standard InChI is InChI=1S/C33H33N3O9S/c1-42-29-17-16-26(19-30(29)43-2)46(40,41)36-22-8-10-23(11-9-22)44-24-12-14-25(15-13-24)45-31-18-7-21(20-34-31)32(37)35-28-6-4-3-5-27(28)33(38)39/h3-7,12-20,22-23,36H,8-11H2,1-2H3,(H,35,37)(H,38,39). The zero-order chi connectivity index (χ0) is 32.7. The van der Waals surface area contributed by atoms with Gasteiger partial charge >= 0.3 is 5.97 Å². The van der Waals surface area contributed by atoms with Crippen molar-refractivity contribution >= 4 is 27.6 Å². The van der Waals surface area contributed by atoms with Crippen LogP contribution in [0.2, 0.25) is 0 Å². The second kappa shape index (κ2) is 14.3. The predicted molar refractivity (Wildman–Crippen MR) is 169 cm³/mol. The van der Waals surface area contributed by atoms with Crippen LogP contribution in [-0.2, 0) is 10.0 Å². The van der Waals surface area contributed by atoms with E-state index < -0.39 is 21.9 Å². The van der Waals surface area contributed by atoms with Crippen LogP contribution in [-0.4, -0.2) is 56.8 Å². The molecule has 12 nitrogen and oxygen atoms in total. The van der Waals surface area contributed by atoms with Crippen molar-refractivity contribution in [2.45, 2.75) is 42.7 Å². The fourth-order valence-corrected chi connectivity index (χ4v) is 6.34. The van der Waals surface area contributed by atoms with E-state index in [-0.39, 0.29) is 39.7 Å². The van der Waals surface area contributed by atoms with E-state index in [2.05, 4.69) is 15.0 Å². The highest BCUT2D eigenvalue weighted by Gasteiger charge is 2.27. The molecule has 1 aromatic heterocycles. The third-order valence-electron chi connectivity index (χ3n) is 7.41. The van der Waals surface area contributed by atoms with Gasteiger partial charge in [0.05, 0.1) is 42.0 Å². The molecule has 46 heavy (non-hydrogen) atoms. The third-order valence-corrected chi connectivity index (χ3v) is 8.93. The van der Waals surface area contributed by atoms with Crippen LogP contribution in [0.5, 0.6) is 28.9 Å². The van der Waals surface area contributed by atoms with Gasteiger partial charge in [-0.1, -0.05) is 12.1 Å². The normalized spacial score (nSPS) is 16.2. The number of sulfonamides is 1. The van der Waals surface area contributed by atoms with Gasteiger partial charge in [0.1, 0.15) is 11.5 Å². The molecule has 4 aromatic rings. The average Bonchev–Trinajstić information content (AvgIpc) is 3.06. The molecule has 5 rings (SSSR count). The molecule has 3 N–H and O–H groups in total. The molecule has 1 saturated carbocycles. The predicted octanol–water partition coefficient (Wildman–Crippen LogP) is 5.51. The Morgan fingerprint density at radius 3 is 2.20 bits per heavy atom. The molecule has 1 heterocycles. The van der Waals surface area contributed by atoms with Crippen LogP contribution in [0.4, 0.5) is 5.69 Å². The van der Waals surface area contributed by atoms with E-state index in [1.165, 1.54) is 50.7 Å². The molecule has 0 bridgehead atoms. The van der Waals surface area contributed by atoms with Gasteiger partial charge in [-0.15, -0.1) is 0 Å². The summed E-state index contributed by atoms with van der Waals surface area (Å²) in [5, 5.41) is 11.9. The smallest absolute Gasteiger partial charge is 0.337 e. The molecule has 0 aliphatic heterocycles. The molecule has 13 heteroatoms. The Hall–Kier alpha value is -5.14. The van der Waals surface area contributed by atoms with E-state index in [4.69, 9.17) is 18.9 Å². The quantitative estimate of drug-likeness (QED) is 0.179. The van der Waals surface area contributed by atoms with Crippen LogP contribution in [0.3, 0.4) is 0 Å². The Bertz CT molecular complexity index is 1790. The Morgan fingerprint density at radius 2 is 1.54 bits per heavy atom. The lowest BCUT2D eigenvalue weighted by Gasteiger charge is -2.29. The summed E-state index contributed by atoms with van der Waals surface area (Å²) >= 11 is 0. The number of para-hydroxylation sites is 1. The number of benzene rings is 3. The largest absolute Gasteiger partial charge is 0.493 e. The lowest BCUT2D eigenvalue weighted by Crippen LogP contribution is -2.39.